The lowest BCUT2D eigenvalue weighted by Gasteiger charge is -2.32. The Balaban J connectivity index is 1.84. The third kappa shape index (κ3) is 4.42. The zero-order valence-corrected chi connectivity index (χ0v) is 11.7. The highest BCUT2D eigenvalue weighted by atomic mass is 16.5. The lowest BCUT2D eigenvalue weighted by atomic mass is 10.1. The third-order valence-corrected chi connectivity index (χ3v) is 3.42. The van der Waals surface area contributed by atoms with Crippen molar-refractivity contribution in [2.24, 2.45) is 5.73 Å². The molecule has 1 aromatic rings. The van der Waals surface area contributed by atoms with Gasteiger partial charge in [-0.1, -0.05) is 6.07 Å². The van der Waals surface area contributed by atoms with E-state index >= 15 is 0 Å². The summed E-state index contributed by atoms with van der Waals surface area (Å²) >= 11 is 0. The number of primary amides is 1. The molecular weight excluding hydrogens is 274 g/mol. The molecule has 114 valence electrons. The first-order valence-electron chi connectivity index (χ1n) is 6.91. The number of pyridine rings is 1. The first kappa shape index (κ1) is 15.2. The third-order valence-electron chi connectivity index (χ3n) is 3.42. The topological polar surface area (TPSA) is 106 Å². The molecular formula is C14H19N3O4. The summed E-state index contributed by atoms with van der Waals surface area (Å²) in [6.45, 7) is 1.76. The number of aromatic nitrogens is 1. The molecule has 0 aromatic carbocycles. The highest BCUT2D eigenvalue weighted by molar-refractivity contribution is 5.91. The maximum atomic E-state index is 11.1. The molecule has 1 aliphatic heterocycles. The van der Waals surface area contributed by atoms with E-state index in [0.29, 0.717) is 0 Å². The molecule has 7 heteroatoms. The van der Waals surface area contributed by atoms with Crippen LogP contribution in [-0.4, -0.2) is 47.8 Å². The molecule has 7 nitrogen and oxygen atoms in total. The summed E-state index contributed by atoms with van der Waals surface area (Å²) in [4.78, 5) is 27.9. The Morgan fingerprint density at radius 3 is 2.71 bits per heavy atom. The van der Waals surface area contributed by atoms with Crippen molar-refractivity contribution in [2.75, 3.05) is 24.6 Å². The number of piperidine rings is 1. The van der Waals surface area contributed by atoms with Gasteiger partial charge in [0.25, 0.3) is 5.91 Å². The molecule has 0 saturated carbocycles. The van der Waals surface area contributed by atoms with Gasteiger partial charge >= 0.3 is 5.97 Å². The van der Waals surface area contributed by atoms with Gasteiger partial charge in [-0.15, -0.1) is 0 Å². The van der Waals surface area contributed by atoms with Crippen LogP contribution < -0.4 is 10.6 Å². The molecule has 3 N–H and O–H groups in total. The van der Waals surface area contributed by atoms with Crippen LogP contribution in [0.5, 0.6) is 0 Å². The SMILES string of the molecule is NC(=O)c1cccc(N2CCC(OCCC(=O)O)CC2)n1. The number of ether oxygens (including phenoxy) is 1. The average Bonchev–Trinajstić information content (AvgIpc) is 2.48. The van der Waals surface area contributed by atoms with Crippen LogP contribution in [0.15, 0.2) is 18.2 Å². The number of aliphatic carboxylic acids is 1. The quantitative estimate of drug-likeness (QED) is 0.797. The largest absolute Gasteiger partial charge is 0.481 e. The highest BCUT2D eigenvalue weighted by Gasteiger charge is 2.21. The predicted octanol–water partition coefficient (Wildman–Crippen LogP) is 0.641. The molecule has 0 radical (unpaired) electrons. The molecule has 1 aromatic heterocycles. The Kier molecular flexibility index (Phi) is 5.10. The van der Waals surface area contributed by atoms with Crippen LogP contribution in [-0.2, 0) is 9.53 Å². The van der Waals surface area contributed by atoms with Crippen molar-refractivity contribution in [3.8, 4) is 0 Å². The minimum atomic E-state index is -0.847. The number of hydrogen-bond acceptors (Lipinski definition) is 5. The van der Waals surface area contributed by atoms with Crippen LogP contribution in [0.2, 0.25) is 0 Å². The maximum Gasteiger partial charge on any atom is 0.305 e. The number of carbonyl (C=O) groups is 2. The number of anilines is 1. The standard InChI is InChI=1S/C14H19N3O4/c15-14(20)11-2-1-3-12(16-11)17-7-4-10(5-8-17)21-9-6-13(18)19/h1-3,10H,4-9H2,(H2,15,20)(H,18,19). The fraction of sp³-hybridized carbons (Fsp3) is 0.500. The molecule has 2 rings (SSSR count). The molecule has 0 aliphatic carbocycles. The number of carboxylic acid groups (broad SMARTS) is 1. The van der Waals surface area contributed by atoms with Crippen molar-refractivity contribution in [1.82, 2.24) is 4.98 Å². The number of hydrogen-bond donors (Lipinski definition) is 2. The van der Waals surface area contributed by atoms with E-state index in [1.54, 1.807) is 12.1 Å². The summed E-state index contributed by atoms with van der Waals surface area (Å²) in [6, 6.07) is 5.20. The Morgan fingerprint density at radius 2 is 2.10 bits per heavy atom. The van der Waals surface area contributed by atoms with Gasteiger partial charge in [-0.05, 0) is 25.0 Å². The second-order valence-electron chi connectivity index (χ2n) is 4.95. The van der Waals surface area contributed by atoms with E-state index in [2.05, 4.69) is 9.88 Å². The minimum absolute atomic E-state index is 0.0302. The fourth-order valence-electron chi connectivity index (χ4n) is 2.30. The zero-order valence-electron chi connectivity index (χ0n) is 11.7. The summed E-state index contributed by atoms with van der Waals surface area (Å²) in [6.07, 6.45) is 1.73. The molecule has 0 unspecified atom stereocenters. The van der Waals surface area contributed by atoms with Crippen molar-refractivity contribution in [3.63, 3.8) is 0 Å². The number of nitrogens with zero attached hydrogens (tertiary/aromatic N) is 2. The van der Waals surface area contributed by atoms with Gasteiger partial charge in [-0.3, -0.25) is 9.59 Å². The predicted molar refractivity (Wildman–Crippen MR) is 76.2 cm³/mol. The molecule has 1 saturated heterocycles. The van der Waals surface area contributed by atoms with Crippen LogP contribution in [0.4, 0.5) is 5.82 Å². The van der Waals surface area contributed by atoms with Crippen molar-refractivity contribution >= 4 is 17.7 Å². The van der Waals surface area contributed by atoms with Gasteiger partial charge in [-0.2, -0.15) is 0 Å². The van der Waals surface area contributed by atoms with Crippen molar-refractivity contribution in [3.05, 3.63) is 23.9 Å². The molecule has 1 aliphatic rings. The van der Waals surface area contributed by atoms with Crippen LogP contribution in [0.25, 0.3) is 0 Å². The molecule has 21 heavy (non-hydrogen) atoms. The van der Waals surface area contributed by atoms with E-state index < -0.39 is 11.9 Å². The van der Waals surface area contributed by atoms with Gasteiger partial charge in [0.1, 0.15) is 11.5 Å². The number of nitrogens with two attached hydrogens (primary N) is 1. The Bertz CT molecular complexity index is 513. The first-order chi connectivity index (χ1) is 10.1. The van der Waals surface area contributed by atoms with E-state index in [-0.39, 0.29) is 24.8 Å². The highest BCUT2D eigenvalue weighted by Crippen LogP contribution is 2.20. The number of carbonyl (C=O) groups excluding carboxylic acids is 1. The van der Waals surface area contributed by atoms with E-state index in [9.17, 15) is 9.59 Å². The first-order valence-corrected chi connectivity index (χ1v) is 6.91. The van der Waals surface area contributed by atoms with Gasteiger partial charge in [0.15, 0.2) is 0 Å². The molecule has 0 spiro atoms. The monoisotopic (exact) mass is 293 g/mol. The summed E-state index contributed by atoms with van der Waals surface area (Å²) in [7, 11) is 0. The van der Waals surface area contributed by atoms with Crippen LogP contribution >= 0.6 is 0 Å². The maximum absolute atomic E-state index is 11.1. The summed E-state index contributed by atoms with van der Waals surface area (Å²) in [5.74, 6) is -0.654. The molecule has 1 fully saturated rings. The molecule has 0 atom stereocenters. The van der Waals surface area contributed by atoms with Crippen molar-refractivity contribution in [1.29, 1.82) is 0 Å². The second-order valence-corrected chi connectivity index (χ2v) is 4.95. The summed E-state index contributed by atoms with van der Waals surface area (Å²) in [5.41, 5.74) is 5.48. The van der Waals surface area contributed by atoms with Gasteiger partial charge in [0.2, 0.25) is 0 Å². The summed E-state index contributed by atoms with van der Waals surface area (Å²) < 4.78 is 5.54. The smallest absolute Gasteiger partial charge is 0.305 e. The van der Waals surface area contributed by atoms with Crippen LogP contribution in [0.3, 0.4) is 0 Å². The van der Waals surface area contributed by atoms with E-state index in [0.717, 1.165) is 31.7 Å². The molecule has 1 amide bonds. The van der Waals surface area contributed by atoms with Gasteiger partial charge in [0, 0.05) is 13.1 Å². The fourth-order valence-corrected chi connectivity index (χ4v) is 2.30. The normalized spacial score (nSPS) is 15.9. The van der Waals surface area contributed by atoms with E-state index in [1.807, 2.05) is 6.07 Å². The minimum Gasteiger partial charge on any atom is -0.481 e. The van der Waals surface area contributed by atoms with Crippen molar-refractivity contribution in [2.45, 2.75) is 25.4 Å². The lowest BCUT2D eigenvalue weighted by molar-refractivity contribution is -0.138. The van der Waals surface area contributed by atoms with Crippen molar-refractivity contribution < 1.29 is 19.4 Å². The Hall–Kier alpha value is -2.15. The van der Waals surface area contributed by atoms with Crippen LogP contribution in [0, 0.1) is 0 Å². The van der Waals surface area contributed by atoms with Gasteiger partial charge in [-0.25, -0.2) is 4.98 Å². The number of carboxylic acids is 1. The van der Waals surface area contributed by atoms with E-state index in [1.165, 1.54) is 0 Å². The molecule has 2 heterocycles. The van der Waals surface area contributed by atoms with E-state index in [4.69, 9.17) is 15.6 Å². The zero-order chi connectivity index (χ0) is 15.2. The Labute approximate surface area is 122 Å². The lowest BCUT2D eigenvalue weighted by Crippen LogP contribution is -2.38. The average molecular weight is 293 g/mol. The van der Waals surface area contributed by atoms with Gasteiger partial charge in [0.05, 0.1) is 19.1 Å². The molecule has 0 bridgehead atoms. The van der Waals surface area contributed by atoms with Crippen LogP contribution in [0.1, 0.15) is 29.8 Å². The number of rotatable bonds is 6. The summed E-state index contributed by atoms with van der Waals surface area (Å²) in [5, 5.41) is 8.57. The Morgan fingerprint density at radius 1 is 1.38 bits per heavy atom. The second kappa shape index (κ2) is 7.03. The van der Waals surface area contributed by atoms with Gasteiger partial charge < -0.3 is 20.5 Å². The number of amides is 1.